The fourth-order valence-electron chi connectivity index (χ4n) is 2.09. The van der Waals surface area contributed by atoms with Crippen LogP contribution in [0.25, 0.3) is 16.9 Å². The minimum absolute atomic E-state index is 0.00333. The van der Waals surface area contributed by atoms with Crippen molar-refractivity contribution in [2.45, 2.75) is 10.4 Å². The predicted molar refractivity (Wildman–Crippen MR) is 85.8 cm³/mol. The Morgan fingerprint density at radius 2 is 1.81 bits per heavy atom. The Kier molecular flexibility index (Phi) is 3.84. The Balaban J connectivity index is 2.00. The Labute approximate surface area is 136 Å². The van der Waals surface area contributed by atoms with Gasteiger partial charge in [-0.2, -0.15) is 0 Å². The Hall–Kier alpha value is -1.26. The lowest BCUT2D eigenvalue weighted by Gasteiger charge is -2.10. The van der Waals surface area contributed by atoms with E-state index in [4.69, 9.17) is 39.9 Å². The molecule has 3 nitrogen and oxygen atoms in total. The first-order valence-electron chi connectivity index (χ1n) is 6.23. The fraction of sp³-hybridized carbons (Fsp3) is 0.133. The van der Waals surface area contributed by atoms with Crippen LogP contribution in [0.3, 0.4) is 0 Å². The van der Waals surface area contributed by atoms with Gasteiger partial charge < -0.3 is 9.51 Å². The monoisotopic (exact) mass is 340 g/mol. The van der Waals surface area contributed by atoms with Crippen LogP contribution in [-0.2, 0) is 10.4 Å². The van der Waals surface area contributed by atoms with Gasteiger partial charge in [0.2, 0.25) is 3.79 Å². The molecule has 0 saturated heterocycles. The van der Waals surface area contributed by atoms with Crippen molar-refractivity contribution in [3.05, 3.63) is 59.9 Å². The van der Waals surface area contributed by atoms with Gasteiger partial charge in [0.25, 0.3) is 0 Å². The molecule has 6 heteroatoms. The van der Waals surface area contributed by atoms with Crippen molar-refractivity contribution in [3.8, 4) is 11.3 Å². The van der Waals surface area contributed by atoms with Crippen molar-refractivity contribution in [2.24, 2.45) is 0 Å². The van der Waals surface area contributed by atoms with Crippen molar-refractivity contribution in [2.75, 3.05) is 0 Å². The molecular formula is C15H11Cl3N2O. The summed E-state index contributed by atoms with van der Waals surface area (Å²) in [6, 6.07) is 11.0. The highest BCUT2D eigenvalue weighted by Crippen LogP contribution is 2.38. The van der Waals surface area contributed by atoms with E-state index in [1.54, 1.807) is 12.1 Å². The number of aliphatic hydroxyl groups excluding tert-OH is 1. The molecule has 0 amide bonds. The zero-order chi connectivity index (χ0) is 15.0. The van der Waals surface area contributed by atoms with E-state index in [0.717, 1.165) is 22.5 Å². The Bertz CT molecular complexity index is 776. The number of hydrogen-bond donors (Lipinski definition) is 1. The van der Waals surface area contributed by atoms with Gasteiger partial charge in [0, 0.05) is 23.5 Å². The van der Waals surface area contributed by atoms with Gasteiger partial charge in [-0.1, -0.05) is 59.1 Å². The molecule has 0 bridgehead atoms. The average Bonchev–Trinajstić information content (AvgIpc) is 2.89. The number of halogens is 3. The molecule has 1 aromatic carbocycles. The molecule has 0 atom stereocenters. The van der Waals surface area contributed by atoms with E-state index in [2.05, 4.69) is 4.98 Å². The minimum Gasteiger partial charge on any atom is -0.392 e. The molecule has 108 valence electrons. The predicted octanol–water partition coefficient (Wildman–Crippen LogP) is 4.32. The van der Waals surface area contributed by atoms with Crippen LogP contribution in [0.5, 0.6) is 0 Å². The largest absolute Gasteiger partial charge is 0.392 e. The highest BCUT2D eigenvalue weighted by atomic mass is 35.6. The smallest absolute Gasteiger partial charge is 0.216 e. The standard InChI is InChI=1S/C15H11Cl3N2O/c16-15(17,18)12-3-1-11(2-4-12)13-8-20-6-5-10(9-21)7-14(20)19-13/h1-8,21H,9H2. The highest BCUT2D eigenvalue weighted by Gasteiger charge is 2.22. The van der Waals surface area contributed by atoms with Gasteiger partial charge in [-0.15, -0.1) is 0 Å². The molecule has 0 unspecified atom stereocenters. The lowest BCUT2D eigenvalue weighted by atomic mass is 10.1. The normalized spacial score (nSPS) is 12.0. The van der Waals surface area contributed by atoms with Crippen molar-refractivity contribution in [1.82, 2.24) is 9.38 Å². The summed E-state index contributed by atoms with van der Waals surface area (Å²) in [7, 11) is 0. The number of aromatic nitrogens is 2. The topological polar surface area (TPSA) is 37.5 Å². The second kappa shape index (κ2) is 5.50. The summed E-state index contributed by atoms with van der Waals surface area (Å²) < 4.78 is 0.477. The quantitative estimate of drug-likeness (QED) is 0.705. The summed E-state index contributed by atoms with van der Waals surface area (Å²) in [5.41, 5.74) is 3.97. The molecule has 21 heavy (non-hydrogen) atoms. The van der Waals surface area contributed by atoms with Gasteiger partial charge in [-0.05, 0) is 17.7 Å². The first-order chi connectivity index (χ1) is 9.97. The molecule has 0 saturated carbocycles. The van der Waals surface area contributed by atoms with E-state index in [9.17, 15) is 0 Å². The molecule has 2 aromatic heterocycles. The second-order valence-electron chi connectivity index (χ2n) is 4.66. The molecule has 3 rings (SSSR count). The van der Waals surface area contributed by atoms with Crippen LogP contribution in [-0.4, -0.2) is 14.5 Å². The number of nitrogens with zero attached hydrogens (tertiary/aromatic N) is 2. The van der Waals surface area contributed by atoms with E-state index in [-0.39, 0.29) is 6.61 Å². The molecular weight excluding hydrogens is 331 g/mol. The van der Waals surface area contributed by atoms with Crippen molar-refractivity contribution in [1.29, 1.82) is 0 Å². The molecule has 0 aliphatic heterocycles. The fourth-order valence-corrected chi connectivity index (χ4v) is 2.47. The van der Waals surface area contributed by atoms with E-state index in [1.807, 2.05) is 41.1 Å². The third kappa shape index (κ3) is 3.01. The first-order valence-corrected chi connectivity index (χ1v) is 7.37. The maximum Gasteiger partial charge on any atom is 0.216 e. The van der Waals surface area contributed by atoms with Gasteiger partial charge >= 0.3 is 0 Å². The van der Waals surface area contributed by atoms with Crippen LogP contribution in [0.15, 0.2) is 48.8 Å². The Morgan fingerprint density at radius 1 is 1.10 bits per heavy atom. The average molecular weight is 342 g/mol. The van der Waals surface area contributed by atoms with Gasteiger partial charge in [0.05, 0.1) is 12.3 Å². The van der Waals surface area contributed by atoms with E-state index < -0.39 is 3.79 Å². The number of alkyl halides is 3. The number of benzene rings is 1. The first kappa shape index (κ1) is 14.7. The third-order valence-corrected chi connectivity index (χ3v) is 3.87. The van der Waals surface area contributed by atoms with Crippen molar-refractivity contribution < 1.29 is 5.11 Å². The van der Waals surface area contributed by atoms with Crippen LogP contribution in [0.2, 0.25) is 0 Å². The molecule has 2 heterocycles. The molecule has 0 fully saturated rings. The lowest BCUT2D eigenvalue weighted by molar-refractivity contribution is 0.282. The minimum atomic E-state index is -1.42. The van der Waals surface area contributed by atoms with Crippen molar-refractivity contribution in [3.63, 3.8) is 0 Å². The summed E-state index contributed by atoms with van der Waals surface area (Å²) >= 11 is 17.5. The zero-order valence-corrected chi connectivity index (χ0v) is 13.1. The molecule has 0 spiro atoms. The Morgan fingerprint density at radius 3 is 2.43 bits per heavy atom. The summed E-state index contributed by atoms with van der Waals surface area (Å²) in [6.07, 6.45) is 3.79. The molecule has 3 aromatic rings. The summed E-state index contributed by atoms with van der Waals surface area (Å²) in [4.78, 5) is 4.54. The number of imidazole rings is 1. The number of fused-ring (bicyclic) bond motifs is 1. The zero-order valence-electron chi connectivity index (χ0n) is 10.8. The number of hydrogen-bond acceptors (Lipinski definition) is 2. The SMILES string of the molecule is OCc1ccn2cc(-c3ccc(C(Cl)(Cl)Cl)cc3)nc2c1. The third-order valence-electron chi connectivity index (χ3n) is 3.22. The van der Waals surface area contributed by atoms with Crippen LogP contribution in [0.1, 0.15) is 11.1 Å². The molecule has 0 radical (unpaired) electrons. The summed E-state index contributed by atoms with van der Waals surface area (Å²) in [5, 5.41) is 9.15. The van der Waals surface area contributed by atoms with Crippen LogP contribution in [0, 0.1) is 0 Å². The summed E-state index contributed by atoms with van der Waals surface area (Å²) in [5.74, 6) is 0. The van der Waals surface area contributed by atoms with Gasteiger partial charge in [0.15, 0.2) is 0 Å². The van der Waals surface area contributed by atoms with Gasteiger partial charge in [-0.3, -0.25) is 0 Å². The maximum absolute atomic E-state index is 9.15. The van der Waals surface area contributed by atoms with E-state index in [0.29, 0.717) is 5.56 Å². The second-order valence-corrected chi connectivity index (χ2v) is 6.94. The molecule has 1 N–H and O–H groups in total. The highest BCUT2D eigenvalue weighted by molar-refractivity contribution is 6.66. The van der Waals surface area contributed by atoms with Crippen molar-refractivity contribution >= 4 is 40.4 Å². The van der Waals surface area contributed by atoms with Gasteiger partial charge in [0.1, 0.15) is 5.65 Å². The van der Waals surface area contributed by atoms with E-state index in [1.165, 1.54) is 0 Å². The number of rotatable bonds is 2. The van der Waals surface area contributed by atoms with Gasteiger partial charge in [-0.25, -0.2) is 4.98 Å². The molecule has 0 aliphatic carbocycles. The summed E-state index contributed by atoms with van der Waals surface area (Å²) in [6.45, 7) is -0.00333. The maximum atomic E-state index is 9.15. The molecule has 0 aliphatic rings. The number of aliphatic hydroxyl groups is 1. The van der Waals surface area contributed by atoms with E-state index >= 15 is 0 Å². The van der Waals surface area contributed by atoms with Crippen LogP contribution >= 0.6 is 34.8 Å². The van der Waals surface area contributed by atoms with Crippen LogP contribution < -0.4 is 0 Å². The lowest BCUT2D eigenvalue weighted by Crippen LogP contribution is -1.98. The number of pyridine rings is 1. The van der Waals surface area contributed by atoms with Crippen LogP contribution in [0.4, 0.5) is 0 Å².